The van der Waals surface area contributed by atoms with Crippen molar-refractivity contribution in [2.75, 3.05) is 26.2 Å². The molecule has 0 spiro atoms. The summed E-state index contributed by atoms with van der Waals surface area (Å²) in [4.78, 5) is 22.9. The first kappa shape index (κ1) is 24.6. The largest absolute Gasteiger partial charge is 0.369 e. The second-order valence-electron chi connectivity index (χ2n) is 8.77. The summed E-state index contributed by atoms with van der Waals surface area (Å²) in [6.45, 7) is 0.663. The Bertz CT molecular complexity index is 1220. The second-order valence-corrected chi connectivity index (χ2v) is 12.6. The van der Waals surface area contributed by atoms with Crippen molar-refractivity contribution >= 4 is 42.6 Å². The molecule has 0 aromatic heterocycles. The number of benzene rings is 2. The second kappa shape index (κ2) is 9.25. The van der Waals surface area contributed by atoms with E-state index in [9.17, 15) is 26.4 Å². The van der Waals surface area contributed by atoms with Gasteiger partial charge in [-0.15, -0.1) is 0 Å². The van der Waals surface area contributed by atoms with Crippen LogP contribution in [0.1, 0.15) is 25.7 Å². The third kappa shape index (κ3) is 4.42. The lowest BCUT2D eigenvalue weighted by Gasteiger charge is -2.31. The number of nitrogens with two attached hydrogens (primary N) is 2. The van der Waals surface area contributed by atoms with E-state index >= 15 is 0 Å². The highest BCUT2D eigenvalue weighted by Crippen LogP contribution is 2.34. The molecule has 4 N–H and O–H groups in total. The summed E-state index contributed by atoms with van der Waals surface area (Å²) in [7, 11) is -7.84. The number of rotatable bonds is 6. The van der Waals surface area contributed by atoms with Crippen molar-refractivity contribution in [3.63, 3.8) is 0 Å². The molecule has 2 aromatic carbocycles. The van der Waals surface area contributed by atoms with E-state index in [1.807, 2.05) is 0 Å². The molecule has 2 aliphatic rings. The van der Waals surface area contributed by atoms with E-state index < -0.39 is 31.9 Å². The molecule has 0 radical (unpaired) electrons. The maximum Gasteiger partial charge on any atom is 0.243 e. The highest BCUT2D eigenvalue weighted by atomic mass is 32.2. The maximum absolute atomic E-state index is 13.4. The lowest BCUT2D eigenvalue weighted by Crippen LogP contribution is -2.42. The van der Waals surface area contributed by atoms with Gasteiger partial charge in [-0.05, 0) is 37.8 Å². The standard InChI is InChI=1S/C22H28N4O6S2/c23-21(27)15-7-11-25(12-8-15)33(29,30)19-5-1-3-17-18(19)4-2-6-20(17)34(31,32)26-13-9-16(10-14-26)22(24)28/h1-6,15-16H,7-14H2,(H2,23,27)(H2,24,28). The Morgan fingerprint density at radius 2 is 0.971 bits per heavy atom. The summed E-state index contributed by atoms with van der Waals surface area (Å²) in [5.41, 5.74) is 10.7. The van der Waals surface area contributed by atoms with Crippen molar-refractivity contribution in [1.29, 1.82) is 0 Å². The van der Waals surface area contributed by atoms with E-state index in [1.165, 1.54) is 32.9 Å². The van der Waals surface area contributed by atoms with Crippen LogP contribution in [0.2, 0.25) is 0 Å². The summed E-state index contributed by atoms with van der Waals surface area (Å²) >= 11 is 0. The first-order valence-corrected chi connectivity index (χ1v) is 14.0. The van der Waals surface area contributed by atoms with Gasteiger partial charge in [-0.2, -0.15) is 8.61 Å². The number of sulfonamides is 2. The Kier molecular flexibility index (Phi) is 6.69. The maximum atomic E-state index is 13.4. The summed E-state index contributed by atoms with van der Waals surface area (Å²) in [6, 6.07) is 9.18. The number of primary amides is 2. The molecule has 0 unspecified atom stereocenters. The molecule has 4 rings (SSSR count). The number of amides is 2. The van der Waals surface area contributed by atoms with Crippen LogP contribution in [0, 0.1) is 11.8 Å². The zero-order valence-corrected chi connectivity index (χ0v) is 20.2. The van der Waals surface area contributed by atoms with Crippen molar-refractivity contribution in [2.24, 2.45) is 23.3 Å². The molecular formula is C22H28N4O6S2. The normalized spacial score (nSPS) is 19.9. The van der Waals surface area contributed by atoms with Crippen LogP contribution in [0.25, 0.3) is 10.8 Å². The molecule has 184 valence electrons. The molecule has 34 heavy (non-hydrogen) atoms. The molecular weight excluding hydrogens is 480 g/mol. The van der Waals surface area contributed by atoms with Crippen molar-refractivity contribution < 1.29 is 26.4 Å². The molecule has 0 aliphatic carbocycles. The molecule has 0 bridgehead atoms. The summed E-state index contributed by atoms with van der Waals surface area (Å²) in [5.74, 6) is -1.57. The van der Waals surface area contributed by atoms with Gasteiger partial charge in [0.25, 0.3) is 0 Å². The monoisotopic (exact) mass is 508 g/mol. The van der Waals surface area contributed by atoms with Gasteiger partial charge >= 0.3 is 0 Å². The lowest BCUT2D eigenvalue weighted by molar-refractivity contribution is -0.123. The minimum absolute atomic E-state index is 0.0204. The number of hydrogen-bond donors (Lipinski definition) is 2. The van der Waals surface area contributed by atoms with Crippen LogP contribution in [0.4, 0.5) is 0 Å². The molecule has 0 atom stereocenters. The molecule has 10 nitrogen and oxygen atoms in total. The molecule has 2 aromatic rings. The van der Waals surface area contributed by atoms with Gasteiger partial charge in [-0.3, -0.25) is 9.59 Å². The average molecular weight is 509 g/mol. The third-order valence-electron chi connectivity index (χ3n) is 6.79. The lowest BCUT2D eigenvalue weighted by atomic mass is 9.98. The zero-order valence-electron chi connectivity index (χ0n) is 18.6. The highest BCUT2D eigenvalue weighted by Gasteiger charge is 2.35. The third-order valence-corrected chi connectivity index (χ3v) is 10.7. The molecule has 2 saturated heterocycles. The van der Waals surface area contributed by atoms with Crippen molar-refractivity contribution in [2.45, 2.75) is 35.5 Å². The van der Waals surface area contributed by atoms with E-state index in [0.29, 0.717) is 36.5 Å². The number of carbonyl (C=O) groups excluding carboxylic acids is 2. The van der Waals surface area contributed by atoms with Crippen LogP contribution in [0.3, 0.4) is 0 Å². The Morgan fingerprint density at radius 1 is 0.647 bits per heavy atom. The minimum atomic E-state index is -3.92. The van der Waals surface area contributed by atoms with Gasteiger partial charge in [0.05, 0.1) is 9.79 Å². The smallest absolute Gasteiger partial charge is 0.243 e. The van der Waals surface area contributed by atoms with Gasteiger partial charge in [0.1, 0.15) is 0 Å². The summed E-state index contributed by atoms with van der Waals surface area (Å²) in [5, 5.41) is 0.625. The number of fused-ring (bicyclic) bond motifs is 1. The molecule has 2 aliphatic heterocycles. The molecule has 2 amide bonds. The van der Waals surface area contributed by atoms with E-state index in [1.54, 1.807) is 12.1 Å². The molecule has 2 heterocycles. The van der Waals surface area contributed by atoms with Gasteiger partial charge < -0.3 is 11.5 Å². The van der Waals surface area contributed by atoms with Crippen LogP contribution < -0.4 is 11.5 Å². The fourth-order valence-electron chi connectivity index (χ4n) is 4.74. The van der Waals surface area contributed by atoms with E-state index in [4.69, 9.17) is 11.5 Å². The summed E-state index contributed by atoms with van der Waals surface area (Å²) < 4.78 is 56.4. The first-order valence-electron chi connectivity index (χ1n) is 11.1. The van der Waals surface area contributed by atoms with Crippen molar-refractivity contribution in [1.82, 2.24) is 8.61 Å². The summed E-state index contributed by atoms with van der Waals surface area (Å²) in [6.07, 6.45) is 1.39. The average Bonchev–Trinajstić information content (AvgIpc) is 2.83. The number of carbonyl (C=O) groups is 2. The molecule has 0 saturated carbocycles. The van der Waals surface area contributed by atoms with Crippen LogP contribution in [-0.4, -0.2) is 63.4 Å². The van der Waals surface area contributed by atoms with Crippen molar-refractivity contribution in [3.05, 3.63) is 36.4 Å². The number of piperidine rings is 2. The van der Waals surface area contributed by atoms with Gasteiger partial charge in [0, 0.05) is 48.8 Å². The van der Waals surface area contributed by atoms with Gasteiger partial charge in [0.2, 0.25) is 31.9 Å². The van der Waals surface area contributed by atoms with Gasteiger partial charge in [-0.1, -0.05) is 24.3 Å². The minimum Gasteiger partial charge on any atom is -0.369 e. The van der Waals surface area contributed by atoms with Crippen LogP contribution in [-0.2, 0) is 29.6 Å². The topological polar surface area (TPSA) is 161 Å². The Morgan fingerprint density at radius 3 is 1.26 bits per heavy atom. The van der Waals surface area contributed by atoms with Crippen molar-refractivity contribution in [3.8, 4) is 0 Å². The molecule has 12 heteroatoms. The van der Waals surface area contributed by atoms with Crippen LogP contribution >= 0.6 is 0 Å². The van der Waals surface area contributed by atoms with Crippen LogP contribution in [0.15, 0.2) is 46.2 Å². The van der Waals surface area contributed by atoms with Crippen LogP contribution in [0.5, 0.6) is 0 Å². The zero-order chi connectivity index (χ0) is 24.7. The highest BCUT2D eigenvalue weighted by molar-refractivity contribution is 7.89. The van der Waals surface area contributed by atoms with E-state index in [0.717, 1.165) is 0 Å². The van der Waals surface area contributed by atoms with Gasteiger partial charge in [0.15, 0.2) is 0 Å². The fraction of sp³-hybridized carbons (Fsp3) is 0.455. The van der Waals surface area contributed by atoms with E-state index in [2.05, 4.69) is 0 Å². The Balaban J connectivity index is 1.68. The van der Waals surface area contributed by atoms with E-state index in [-0.39, 0.29) is 47.8 Å². The van der Waals surface area contributed by atoms with Gasteiger partial charge in [-0.25, -0.2) is 16.8 Å². The fourth-order valence-corrected chi connectivity index (χ4v) is 8.09. The predicted molar refractivity (Wildman–Crippen MR) is 125 cm³/mol. The SMILES string of the molecule is NC(=O)C1CCN(S(=O)(=O)c2cccc3c(S(=O)(=O)N4CCC(C(N)=O)CC4)cccc23)CC1. The molecule has 2 fully saturated rings. The number of nitrogens with zero attached hydrogens (tertiary/aromatic N) is 2. The quantitative estimate of drug-likeness (QED) is 0.581. The Hall–Kier alpha value is -2.54. The Labute approximate surface area is 199 Å². The number of hydrogen-bond acceptors (Lipinski definition) is 6. The predicted octanol–water partition coefficient (Wildman–Crippen LogP) is 0.612. The first-order chi connectivity index (χ1) is 16.0.